The second-order valence-electron chi connectivity index (χ2n) is 3.48. The zero-order valence-corrected chi connectivity index (χ0v) is 10.2. The fraction of sp³-hybridized carbons (Fsp3) is 0.700. The summed E-state index contributed by atoms with van der Waals surface area (Å²) in [5.74, 6) is -0.935. The Bertz CT molecular complexity index is 281. The van der Waals surface area contributed by atoms with Gasteiger partial charge >= 0.3 is 6.09 Å². The van der Waals surface area contributed by atoms with Gasteiger partial charge in [-0.1, -0.05) is 13.3 Å². The number of nitrogens with two attached hydrogens (primary N) is 1. The molecule has 0 fully saturated rings. The lowest BCUT2D eigenvalue weighted by Crippen LogP contribution is -2.44. The highest BCUT2D eigenvalue weighted by atomic mass is 16.5. The van der Waals surface area contributed by atoms with Crippen molar-refractivity contribution < 1.29 is 19.1 Å². The molecule has 0 aliphatic carbocycles. The van der Waals surface area contributed by atoms with Crippen LogP contribution in [0.1, 0.15) is 19.8 Å². The maximum atomic E-state index is 11.7. The number of unbranched alkanes of at least 4 members (excludes halogenated alkanes) is 1. The lowest BCUT2D eigenvalue weighted by Gasteiger charge is -2.20. The summed E-state index contributed by atoms with van der Waals surface area (Å²) in [5, 5.41) is 2.26. The quantitative estimate of drug-likeness (QED) is 0.628. The van der Waals surface area contributed by atoms with E-state index in [0.717, 1.165) is 12.8 Å². The molecule has 3 N–H and O–H groups in total. The number of carbonyl (C=O) groups is 3. The van der Waals surface area contributed by atoms with Gasteiger partial charge in [-0.25, -0.2) is 4.79 Å². The molecule has 0 spiro atoms. The van der Waals surface area contributed by atoms with Gasteiger partial charge in [0.1, 0.15) is 6.54 Å². The summed E-state index contributed by atoms with van der Waals surface area (Å²) >= 11 is 0. The van der Waals surface area contributed by atoms with Gasteiger partial charge < -0.3 is 20.7 Å². The number of alkyl carbamates (subject to hydrolysis) is 1. The van der Waals surface area contributed by atoms with Crippen LogP contribution in [0.5, 0.6) is 0 Å². The number of nitrogens with one attached hydrogen (secondary N) is 1. The lowest BCUT2D eigenvalue weighted by atomic mass is 10.3. The van der Waals surface area contributed by atoms with Crippen molar-refractivity contribution in [3.8, 4) is 0 Å². The molecular weight excluding hydrogens is 226 g/mol. The third kappa shape index (κ3) is 7.15. The molecule has 17 heavy (non-hydrogen) atoms. The molecular formula is C10H19N3O4. The number of ether oxygens (including phenoxy) is 1. The zero-order valence-electron chi connectivity index (χ0n) is 10.2. The Balaban J connectivity index is 4.20. The van der Waals surface area contributed by atoms with Crippen LogP contribution in [0.15, 0.2) is 0 Å². The van der Waals surface area contributed by atoms with E-state index in [2.05, 4.69) is 10.1 Å². The van der Waals surface area contributed by atoms with E-state index in [1.54, 1.807) is 0 Å². The summed E-state index contributed by atoms with van der Waals surface area (Å²) in [6, 6.07) is 0. The number of nitrogens with zero attached hydrogens (tertiary/aromatic N) is 1. The van der Waals surface area contributed by atoms with E-state index in [1.165, 1.54) is 12.0 Å². The first kappa shape index (κ1) is 15.2. The molecule has 0 atom stereocenters. The first-order valence-corrected chi connectivity index (χ1v) is 5.39. The fourth-order valence-corrected chi connectivity index (χ4v) is 1.16. The number of primary amides is 1. The second kappa shape index (κ2) is 8.37. The van der Waals surface area contributed by atoms with Crippen LogP contribution in [-0.2, 0) is 14.3 Å². The van der Waals surface area contributed by atoms with E-state index >= 15 is 0 Å². The maximum Gasteiger partial charge on any atom is 0.407 e. The van der Waals surface area contributed by atoms with Crippen molar-refractivity contribution in [2.75, 3.05) is 26.7 Å². The van der Waals surface area contributed by atoms with E-state index < -0.39 is 12.0 Å². The molecule has 0 aliphatic heterocycles. The van der Waals surface area contributed by atoms with Crippen LogP contribution in [0.4, 0.5) is 4.79 Å². The molecule has 0 aromatic carbocycles. The lowest BCUT2D eigenvalue weighted by molar-refractivity contribution is -0.134. The number of rotatable bonds is 7. The van der Waals surface area contributed by atoms with E-state index in [4.69, 9.17) is 5.73 Å². The van der Waals surface area contributed by atoms with Crippen LogP contribution in [0, 0.1) is 0 Å². The van der Waals surface area contributed by atoms with Gasteiger partial charge in [0.25, 0.3) is 0 Å². The Morgan fingerprint density at radius 2 is 2.00 bits per heavy atom. The third-order valence-corrected chi connectivity index (χ3v) is 2.05. The Labute approximate surface area is 100 Å². The molecule has 0 saturated carbocycles. The van der Waals surface area contributed by atoms with Crippen molar-refractivity contribution in [1.29, 1.82) is 0 Å². The Hall–Kier alpha value is -1.79. The molecule has 0 saturated heterocycles. The zero-order chi connectivity index (χ0) is 13.3. The molecule has 0 aliphatic rings. The molecule has 98 valence electrons. The minimum absolute atomic E-state index is 0.137. The van der Waals surface area contributed by atoms with Crippen LogP contribution in [-0.4, -0.2) is 49.6 Å². The first-order chi connectivity index (χ1) is 8.01. The van der Waals surface area contributed by atoms with Gasteiger partial charge in [-0.05, 0) is 6.42 Å². The highest BCUT2D eigenvalue weighted by molar-refractivity contribution is 5.86. The molecule has 7 nitrogen and oxygen atoms in total. The Morgan fingerprint density at radius 3 is 2.47 bits per heavy atom. The molecule has 0 radical (unpaired) electrons. The largest absolute Gasteiger partial charge is 0.453 e. The van der Waals surface area contributed by atoms with E-state index in [9.17, 15) is 14.4 Å². The summed E-state index contributed by atoms with van der Waals surface area (Å²) in [6.45, 7) is 2.08. The van der Waals surface area contributed by atoms with Gasteiger partial charge in [0.05, 0.1) is 13.7 Å². The summed E-state index contributed by atoms with van der Waals surface area (Å²) < 4.78 is 4.33. The first-order valence-electron chi connectivity index (χ1n) is 5.39. The molecule has 0 unspecified atom stereocenters. The molecule has 3 amide bonds. The smallest absolute Gasteiger partial charge is 0.407 e. The molecule has 0 aromatic heterocycles. The van der Waals surface area contributed by atoms with Crippen molar-refractivity contribution in [2.24, 2.45) is 5.73 Å². The normalized spacial score (nSPS) is 9.53. The monoisotopic (exact) mass is 245 g/mol. The van der Waals surface area contributed by atoms with Crippen molar-refractivity contribution in [1.82, 2.24) is 10.2 Å². The number of hydrogen-bond acceptors (Lipinski definition) is 4. The molecule has 0 rings (SSSR count). The predicted molar refractivity (Wildman–Crippen MR) is 61.1 cm³/mol. The summed E-state index contributed by atoms with van der Waals surface area (Å²) in [5.41, 5.74) is 5.04. The van der Waals surface area contributed by atoms with Crippen molar-refractivity contribution in [3.63, 3.8) is 0 Å². The number of hydrogen-bond donors (Lipinski definition) is 2. The van der Waals surface area contributed by atoms with Crippen molar-refractivity contribution >= 4 is 17.9 Å². The Morgan fingerprint density at radius 1 is 1.35 bits per heavy atom. The fourth-order valence-electron chi connectivity index (χ4n) is 1.16. The van der Waals surface area contributed by atoms with Gasteiger partial charge in [0.15, 0.2) is 0 Å². The SMILES string of the molecule is CCCCN(CC(N)=O)C(=O)CNC(=O)OC. The third-order valence-electron chi connectivity index (χ3n) is 2.05. The summed E-state index contributed by atoms with van der Waals surface area (Å²) in [6.07, 6.45) is 0.984. The van der Waals surface area contributed by atoms with Crippen LogP contribution in [0.25, 0.3) is 0 Å². The minimum atomic E-state index is -0.687. The highest BCUT2D eigenvalue weighted by Gasteiger charge is 2.15. The van der Waals surface area contributed by atoms with Crippen molar-refractivity contribution in [3.05, 3.63) is 0 Å². The predicted octanol–water partition coefficient (Wildman–Crippen LogP) is -0.544. The minimum Gasteiger partial charge on any atom is -0.453 e. The van der Waals surface area contributed by atoms with E-state index in [-0.39, 0.29) is 19.0 Å². The van der Waals surface area contributed by atoms with Gasteiger partial charge in [-0.15, -0.1) is 0 Å². The van der Waals surface area contributed by atoms with E-state index in [0.29, 0.717) is 6.54 Å². The van der Waals surface area contributed by atoms with E-state index in [1.807, 2.05) is 6.92 Å². The number of carbonyl (C=O) groups excluding carboxylic acids is 3. The van der Waals surface area contributed by atoms with Gasteiger partial charge in [-0.3, -0.25) is 9.59 Å². The topological polar surface area (TPSA) is 102 Å². The molecule has 0 bridgehead atoms. The van der Waals surface area contributed by atoms with Crippen LogP contribution >= 0.6 is 0 Å². The van der Waals surface area contributed by atoms with Crippen LogP contribution in [0.3, 0.4) is 0 Å². The van der Waals surface area contributed by atoms with Crippen LogP contribution in [0.2, 0.25) is 0 Å². The van der Waals surface area contributed by atoms with Gasteiger partial charge in [-0.2, -0.15) is 0 Å². The molecule has 7 heteroatoms. The highest BCUT2D eigenvalue weighted by Crippen LogP contribution is 1.95. The van der Waals surface area contributed by atoms with Gasteiger partial charge in [0.2, 0.25) is 11.8 Å². The standard InChI is InChI=1S/C10H19N3O4/c1-3-4-5-13(7-8(11)14)9(15)6-12-10(16)17-2/h3-7H2,1-2H3,(H2,11,14)(H,12,16). The Kier molecular flexibility index (Phi) is 7.49. The number of methoxy groups -OCH3 is 1. The average Bonchev–Trinajstić information content (AvgIpc) is 2.30. The molecule has 0 aromatic rings. The summed E-state index contributed by atoms with van der Waals surface area (Å²) in [7, 11) is 1.21. The second-order valence-corrected chi connectivity index (χ2v) is 3.48. The average molecular weight is 245 g/mol. The number of amides is 3. The van der Waals surface area contributed by atoms with Gasteiger partial charge in [0, 0.05) is 6.54 Å². The summed E-state index contributed by atoms with van der Waals surface area (Å²) in [4.78, 5) is 34.5. The maximum absolute atomic E-state index is 11.7. The molecule has 0 heterocycles. The van der Waals surface area contributed by atoms with Crippen molar-refractivity contribution in [2.45, 2.75) is 19.8 Å². The van der Waals surface area contributed by atoms with Crippen LogP contribution < -0.4 is 11.1 Å².